The number of nitrogens with zero attached hydrogens (tertiary/aromatic N) is 6. The molecule has 4 rings (SSSR count). The summed E-state index contributed by atoms with van der Waals surface area (Å²) in [5.74, 6) is -1.13. The molecule has 0 aliphatic heterocycles. The van der Waals surface area contributed by atoms with Crippen LogP contribution in [0.25, 0.3) is 11.0 Å². The fraction of sp³-hybridized carbons (Fsp3) is 0.550. The third-order valence-electron chi connectivity index (χ3n) is 5.90. The molecule has 0 spiro atoms. The van der Waals surface area contributed by atoms with E-state index in [1.54, 1.807) is 28.9 Å². The Morgan fingerprint density at radius 1 is 1.16 bits per heavy atom. The second-order valence-corrected chi connectivity index (χ2v) is 8.17. The molecule has 1 aliphatic carbocycles. The molecule has 1 saturated carbocycles. The Bertz CT molecular complexity index is 1020. The molecule has 1 N–H and O–H groups in total. The van der Waals surface area contributed by atoms with Gasteiger partial charge >= 0.3 is 6.18 Å². The summed E-state index contributed by atoms with van der Waals surface area (Å²) in [7, 11) is 0. The first-order chi connectivity index (χ1) is 14.9. The number of amides is 1. The number of carbonyl (C=O) groups excluding carboxylic acids is 1. The molecule has 1 amide bonds. The van der Waals surface area contributed by atoms with Gasteiger partial charge in [-0.3, -0.25) is 4.79 Å². The number of rotatable bonds is 7. The quantitative estimate of drug-likeness (QED) is 0.616. The smallest absolute Gasteiger partial charge is 0.354 e. The molecule has 31 heavy (non-hydrogen) atoms. The molecule has 0 unspecified atom stereocenters. The van der Waals surface area contributed by atoms with Crippen LogP contribution in [-0.2, 0) is 24.1 Å². The normalized spacial score (nSPS) is 16.5. The van der Waals surface area contributed by atoms with Gasteiger partial charge in [0.05, 0.1) is 17.6 Å². The highest BCUT2D eigenvalue weighted by Crippen LogP contribution is 2.40. The van der Waals surface area contributed by atoms with Crippen molar-refractivity contribution in [1.82, 2.24) is 35.1 Å². The minimum atomic E-state index is -4.57. The van der Waals surface area contributed by atoms with Crippen LogP contribution in [-0.4, -0.2) is 42.2 Å². The first kappa shape index (κ1) is 21.3. The number of para-hydroxylation sites is 2. The SMILES string of the molecule is O=C(CC1(Cn2cnnn2)CCCCC1)NCCn1c(C(F)(F)F)nc2ccccc21. The summed E-state index contributed by atoms with van der Waals surface area (Å²) >= 11 is 0. The van der Waals surface area contributed by atoms with Crippen LogP contribution in [0.2, 0.25) is 0 Å². The summed E-state index contributed by atoms with van der Waals surface area (Å²) < 4.78 is 43.0. The lowest BCUT2D eigenvalue weighted by Gasteiger charge is -2.36. The van der Waals surface area contributed by atoms with E-state index in [1.165, 1.54) is 6.33 Å². The number of carbonyl (C=O) groups is 1. The van der Waals surface area contributed by atoms with Crippen LogP contribution in [0.5, 0.6) is 0 Å². The van der Waals surface area contributed by atoms with Crippen molar-refractivity contribution in [2.75, 3.05) is 6.54 Å². The maximum atomic E-state index is 13.4. The lowest BCUT2D eigenvalue weighted by atomic mass is 9.71. The van der Waals surface area contributed by atoms with Crippen molar-refractivity contribution in [3.63, 3.8) is 0 Å². The summed E-state index contributed by atoms with van der Waals surface area (Å²) in [6.45, 7) is 0.627. The van der Waals surface area contributed by atoms with Gasteiger partial charge in [-0.1, -0.05) is 31.4 Å². The van der Waals surface area contributed by atoms with E-state index in [-0.39, 0.29) is 29.9 Å². The van der Waals surface area contributed by atoms with E-state index in [4.69, 9.17) is 0 Å². The topological polar surface area (TPSA) is 90.5 Å². The Morgan fingerprint density at radius 3 is 2.65 bits per heavy atom. The second-order valence-electron chi connectivity index (χ2n) is 8.17. The number of imidazole rings is 1. The maximum absolute atomic E-state index is 13.4. The minimum Gasteiger partial charge on any atom is -0.354 e. The second kappa shape index (κ2) is 8.64. The summed E-state index contributed by atoms with van der Waals surface area (Å²) in [5, 5.41) is 14.0. The van der Waals surface area contributed by atoms with Crippen molar-refractivity contribution in [3.05, 3.63) is 36.4 Å². The van der Waals surface area contributed by atoms with Crippen molar-refractivity contribution in [3.8, 4) is 0 Å². The van der Waals surface area contributed by atoms with Gasteiger partial charge in [-0.05, 0) is 40.8 Å². The van der Waals surface area contributed by atoms with Crippen LogP contribution in [0.3, 0.4) is 0 Å². The number of alkyl halides is 3. The van der Waals surface area contributed by atoms with Gasteiger partial charge in [0.2, 0.25) is 11.7 Å². The van der Waals surface area contributed by atoms with Crippen LogP contribution >= 0.6 is 0 Å². The molecule has 0 bridgehead atoms. The molecule has 2 aromatic heterocycles. The summed E-state index contributed by atoms with van der Waals surface area (Å²) in [4.78, 5) is 16.4. The molecular weight excluding hydrogens is 411 g/mol. The molecular formula is C20H24F3N7O. The number of fused-ring (bicyclic) bond motifs is 1. The van der Waals surface area contributed by atoms with Gasteiger partial charge in [-0.15, -0.1) is 5.10 Å². The zero-order chi connectivity index (χ0) is 21.9. The van der Waals surface area contributed by atoms with Gasteiger partial charge in [0, 0.05) is 19.5 Å². The van der Waals surface area contributed by atoms with Gasteiger partial charge in [0.15, 0.2) is 0 Å². The fourth-order valence-corrected chi connectivity index (χ4v) is 4.52. The standard InChI is InChI=1S/C20H24F3N7O/c21-20(22,23)18-26-15-6-2-3-7-16(15)30(18)11-10-24-17(31)12-19(8-4-1-5-9-19)13-29-14-25-27-28-29/h2-3,6-7,14H,1,4-5,8-13H2,(H,24,31). The van der Waals surface area contributed by atoms with E-state index in [0.29, 0.717) is 18.5 Å². The number of benzene rings is 1. The van der Waals surface area contributed by atoms with Crippen LogP contribution in [0.15, 0.2) is 30.6 Å². The summed E-state index contributed by atoms with van der Waals surface area (Å²) in [6, 6.07) is 6.47. The zero-order valence-corrected chi connectivity index (χ0v) is 17.0. The average Bonchev–Trinajstić information content (AvgIpc) is 3.36. The van der Waals surface area contributed by atoms with E-state index in [1.807, 2.05) is 0 Å². The molecule has 8 nitrogen and oxygen atoms in total. The van der Waals surface area contributed by atoms with E-state index in [2.05, 4.69) is 25.8 Å². The summed E-state index contributed by atoms with van der Waals surface area (Å²) in [5.41, 5.74) is 0.437. The molecule has 1 aromatic carbocycles. The van der Waals surface area contributed by atoms with E-state index >= 15 is 0 Å². The van der Waals surface area contributed by atoms with Crippen LogP contribution in [0.4, 0.5) is 13.2 Å². The highest BCUT2D eigenvalue weighted by atomic mass is 19.4. The van der Waals surface area contributed by atoms with Crippen molar-refractivity contribution < 1.29 is 18.0 Å². The number of halogens is 3. The zero-order valence-electron chi connectivity index (χ0n) is 17.0. The van der Waals surface area contributed by atoms with E-state index < -0.39 is 12.0 Å². The molecule has 11 heteroatoms. The first-order valence-electron chi connectivity index (χ1n) is 10.4. The van der Waals surface area contributed by atoms with Gasteiger partial charge in [0.1, 0.15) is 6.33 Å². The molecule has 1 aliphatic rings. The number of tetrazole rings is 1. The molecule has 0 radical (unpaired) electrons. The van der Waals surface area contributed by atoms with Crippen molar-refractivity contribution in [2.24, 2.45) is 5.41 Å². The lowest BCUT2D eigenvalue weighted by molar-refractivity contribution is -0.146. The molecule has 0 saturated heterocycles. The average molecular weight is 435 g/mol. The first-order valence-corrected chi connectivity index (χ1v) is 10.4. The summed E-state index contributed by atoms with van der Waals surface area (Å²) in [6.07, 6.45) is 2.25. The fourth-order valence-electron chi connectivity index (χ4n) is 4.52. The highest BCUT2D eigenvalue weighted by Gasteiger charge is 2.38. The highest BCUT2D eigenvalue weighted by molar-refractivity contribution is 5.77. The molecule has 3 aromatic rings. The van der Waals surface area contributed by atoms with Crippen LogP contribution in [0.1, 0.15) is 44.3 Å². The minimum absolute atomic E-state index is 0.0128. The Kier molecular flexibility index (Phi) is 5.92. The molecule has 2 heterocycles. The Hall–Kier alpha value is -2.98. The number of aromatic nitrogens is 6. The Balaban J connectivity index is 1.42. The van der Waals surface area contributed by atoms with Crippen LogP contribution in [0, 0.1) is 5.41 Å². The monoisotopic (exact) mass is 435 g/mol. The van der Waals surface area contributed by atoms with Gasteiger partial charge in [-0.25, -0.2) is 9.67 Å². The van der Waals surface area contributed by atoms with Crippen LogP contribution < -0.4 is 5.32 Å². The van der Waals surface area contributed by atoms with Crippen molar-refractivity contribution in [1.29, 1.82) is 0 Å². The number of nitrogens with one attached hydrogen (secondary N) is 1. The number of hydrogen-bond donors (Lipinski definition) is 1. The number of hydrogen-bond acceptors (Lipinski definition) is 5. The molecule has 166 valence electrons. The van der Waals surface area contributed by atoms with Gasteiger partial charge < -0.3 is 9.88 Å². The predicted molar refractivity (Wildman–Crippen MR) is 106 cm³/mol. The molecule has 1 fully saturated rings. The van der Waals surface area contributed by atoms with E-state index in [9.17, 15) is 18.0 Å². The largest absolute Gasteiger partial charge is 0.449 e. The van der Waals surface area contributed by atoms with E-state index in [0.717, 1.165) is 36.7 Å². The maximum Gasteiger partial charge on any atom is 0.449 e. The molecule has 0 atom stereocenters. The Labute approximate surface area is 176 Å². The van der Waals surface area contributed by atoms with Gasteiger partial charge in [-0.2, -0.15) is 13.2 Å². The predicted octanol–water partition coefficient (Wildman–Crippen LogP) is 3.20. The third kappa shape index (κ3) is 4.86. The van der Waals surface area contributed by atoms with Crippen molar-refractivity contribution in [2.45, 2.75) is 57.8 Å². The van der Waals surface area contributed by atoms with Crippen molar-refractivity contribution >= 4 is 16.9 Å². The third-order valence-corrected chi connectivity index (χ3v) is 5.90. The Morgan fingerprint density at radius 2 is 1.94 bits per heavy atom. The lowest BCUT2D eigenvalue weighted by Crippen LogP contribution is -2.37. The van der Waals surface area contributed by atoms with Gasteiger partial charge in [0.25, 0.3) is 0 Å².